The van der Waals surface area contributed by atoms with E-state index in [2.05, 4.69) is 42.3 Å². The first-order valence-electron chi connectivity index (χ1n) is 10.5. The number of halogens is 1. The van der Waals surface area contributed by atoms with E-state index in [9.17, 15) is 9.18 Å². The van der Waals surface area contributed by atoms with Gasteiger partial charge < -0.3 is 15.2 Å². The van der Waals surface area contributed by atoms with Crippen LogP contribution in [0.15, 0.2) is 54.7 Å². The Labute approximate surface area is 187 Å². The van der Waals surface area contributed by atoms with E-state index in [1.54, 1.807) is 0 Å². The summed E-state index contributed by atoms with van der Waals surface area (Å²) in [6.45, 7) is 5.42. The van der Waals surface area contributed by atoms with E-state index in [0.717, 1.165) is 40.9 Å². The predicted molar refractivity (Wildman–Crippen MR) is 125 cm³/mol. The molecule has 1 fully saturated rings. The van der Waals surface area contributed by atoms with Gasteiger partial charge in [-0.25, -0.2) is 4.39 Å². The van der Waals surface area contributed by atoms with Crippen LogP contribution in [-0.4, -0.2) is 29.4 Å². The number of amides is 1. The fourth-order valence-electron chi connectivity index (χ4n) is 4.41. The average molecular weight is 436 g/mol. The van der Waals surface area contributed by atoms with Crippen molar-refractivity contribution in [3.8, 4) is 0 Å². The summed E-state index contributed by atoms with van der Waals surface area (Å²) in [5.74, 6) is -0.0316. The molecule has 1 aliphatic heterocycles. The van der Waals surface area contributed by atoms with Gasteiger partial charge in [-0.15, -0.1) is 0 Å². The molecule has 3 aromatic rings. The van der Waals surface area contributed by atoms with Gasteiger partial charge in [0.1, 0.15) is 10.5 Å². The minimum absolute atomic E-state index is 0.0453. The molecule has 0 bridgehead atoms. The summed E-state index contributed by atoms with van der Waals surface area (Å²) in [5.41, 5.74) is 6.42. The van der Waals surface area contributed by atoms with Crippen molar-refractivity contribution in [2.75, 3.05) is 18.4 Å². The number of anilines is 2. The van der Waals surface area contributed by atoms with Crippen molar-refractivity contribution in [3.63, 3.8) is 0 Å². The van der Waals surface area contributed by atoms with Crippen LogP contribution in [0.25, 0.3) is 0 Å². The number of piperidine rings is 1. The van der Waals surface area contributed by atoms with Gasteiger partial charge in [-0.1, -0.05) is 36.5 Å². The average Bonchev–Trinajstić information content (AvgIpc) is 2.77. The van der Waals surface area contributed by atoms with Gasteiger partial charge in [-0.3, -0.25) is 4.79 Å². The molecule has 0 spiro atoms. The lowest BCUT2D eigenvalue weighted by Gasteiger charge is -2.38. The number of nitrogens with zero attached hydrogens (tertiary/aromatic N) is 1. The Balaban J connectivity index is 1.77. The highest BCUT2D eigenvalue weighted by Gasteiger charge is 2.32. The van der Waals surface area contributed by atoms with Crippen LogP contribution in [0.2, 0.25) is 0 Å². The van der Waals surface area contributed by atoms with Crippen molar-refractivity contribution in [2.24, 2.45) is 0 Å². The molecule has 1 saturated heterocycles. The zero-order valence-electron chi connectivity index (χ0n) is 17.7. The molecule has 0 aliphatic carbocycles. The second-order valence-electron chi connectivity index (χ2n) is 8.26. The van der Waals surface area contributed by atoms with Crippen molar-refractivity contribution in [3.05, 3.63) is 87.4 Å². The van der Waals surface area contributed by atoms with Crippen LogP contribution in [0.4, 0.5) is 15.8 Å². The van der Waals surface area contributed by atoms with E-state index in [0.29, 0.717) is 17.7 Å². The van der Waals surface area contributed by atoms with Gasteiger partial charge in [0.05, 0.1) is 0 Å². The molecule has 1 aliphatic rings. The largest absolute Gasteiger partial charge is 0.355 e. The lowest BCUT2D eigenvalue weighted by atomic mass is 9.76. The topological polar surface area (TPSA) is 48.1 Å². The third-order valence-electron chi connectivity index (χ3n) is 6.11. The Morgan fingerprint density at radius 1 is 1.10 bits per heavy atom. The van der Waals surface area contributed by atoms with Crippen LogP contribution in [0.5, 0.6) is 0 Å². The highest BCUT2D eigenvalue weighted by molar-refractivity contribution is 7.71. The van der Waals surface area contributed by atoms with E-state index in [-0.39, 0.29) is 17.7 Å². The zero-order valence-corrected chi connectivity index (χ0v) is 18.5. The molecule has 2 unspecified atom stereocenters. The van der Waals surface area contributed by atoms with Gasteiger partial charge in [0.25, 0.3) is 0 Å². The van der Waals surface area contributed by atoms with Gasteiger partial charge >= 0.3 is 0 Å². The van der Waals surface area contributed by atoms with E-state index < -0.39 is 0 Å². The maximum atomic E-state index is 13.5. The molecule has 2 aromatic carbocycles. The summed E-state index contributed by atoms with van der Waals surface area (Å²) in [7, 11) is 0. The van der Waals surface area contributed by atoms with Gasteiger partial charge in [0.15, 0.2) is 0 Å². The summed E-state index contributed by atoms with van der Waals surface area (Å²) >= 11 is 5.41. The third kappa shape index (κ3) is 4.69. The summed E-state index contributed by atoms with van der Waals surface area (Å²) in [6.07, 6.45) is 3.68. The molecule has 0 radical (unpaired) electrons. The first kappa shape index (κ1) is 21.2. The number of carbonyl (C=O) groups excluding carboxylic acids is 1. The number of aryl methyl sites for hydroxylation is 2. The Hall–Kier alpha value is -2.99. The number of likely N-dealkylation sites (tertiary alicyclic amines) is 1. The monoisotopic (exact) mass is 435 g/mol. The van der Waals surface area contributed by atoms with Gasteiger partial charge in [0, 0.05) is 36.6 Å². The Kier molecular flexibility index (Phi) is 6.18. The van der Waals surface area contributed by atoms with Crippen LogP contribution >= 0.6 is 12.2 Å². The van der Waals surface area contributed by atoms with Crippen molar-refractivity contribution in [1.29, 1.82) is 0 Å². The molecule has 1 aromatic heterocycles. The zero-order chi connectivity index (χ0) is 22.0. The van der Waals surface area contributed by atoms with Crippen molar-refractivity contribution >= 4 is 30.0 Å². The number of benzene rings is 2. The second kappa shape index (κ2) is 9.02. The predicted octanol–water partition coefficient (Wildman–Crippen LogP) is 5.97. The Morgan fingerprint density at radius 2 is 1.87 bits per heavy atom. The molecule has 4 rings (SSSR count). The lowest BCUT2D eigenvalue weighted by molar-refractivity contribution is -0.119. The maximum Gasteiger partial charge on any atom is 0.209 e. The quantitative estimate of drug-likeness (QED) is 0.383. The number of carbonyl (C=O) groups is 1. The summed E-state index contributed by atoms with van der Waals surface area (Å²) in [5, 5.41) is 3.58. The third-order valence-corrected chi connectivity index (χ3v) is 6.35. The highest BCUT2D eigenvalue weighted by atomic mass is 32.1. The number of hydrogen-bond acceptors (Lipinski definition) is 3. The van der Waals surface area contributed by atoms with E-state index in [1.165, 1.54) is 17.7 Å². The van der Waals surface area contributed by atoms with E-state index >= 15 is 0 Å². The van der Waals surface area contributed by atoms with E-state index in [4.69, 9.17) is 12.2 Å². The smallest absolute Gasteiger partial charge is 0.209 e. The summed E-state index contributed by atoms with van der Waals surface area (Å²) < 4.78 is 14.2. The van der Waals surface area contributed by atoms with Crippen LogP contribution in [0, 0.1) is 24.3 Å². The van der Waals surface area contributed by atoms with Crippen molar-refractivity contribution in [1.82, 2.24) is 9.88 Å². The Morgan fingerprint density at radius 3 is 2.61 bits per heavy atom. The molecule has 1 amide bonds. The molecule has 4 nitrogen and oxygen atoms in total. The molecule has 6 heteroatoms. The molecular weight excluding hydrogens is 409 g/mol. The molecule has 31 heavy (non-hydrogen) atoms. The van der Waals surface area contributed by atoms with Gasteiger partial charge in [-0.05, 0) is 72.7 Å². The van der Waals surface area contributed by atoms with Crippen LogP contribution in [0.1, 0.15) is 40.5 Å². The fraction of sp³-hybridized carbons (Fsp3) is 0.280. The number of aromatic nitrogens is 1. The molecule has 160 valence electrons. The first-order valence-corrected chi connectivity index (χ1v) is 10.9. The molecule has 2 atom stereocenters. The summed E-state index contributed by atoms with van der Waals surface area (Å²) in [6, 6.07) is 15.0. The van der Waals surface area contributed by atoms with Gasteiger partial charge in [-0.2, -0.15) is 0 Å². The fourth-order valence-corrected chi connectivity index (χ4v) is 4.59. The minimum Gasteiger partial charge on any atom is -0.355 e. The highest BCUT2D eigenvalue weighted by Crippen LogP contribution is 2.42. The molecular formula is C25H26FN3OS. The first-order chi connectivity index (χ1) is 14.9. The number of H-pyrrole nitrogens is 1. The minimum atomic E-state index is -0.244. The molecule has 0 saturated carbocycles. The van der Waals surface area contributed by atoms with Gasteiger partial charge in [0.2, 0.25) is 6.41 Å². The molecule has 2 N–H and O–H groups in total. The number of rotatable bonds is 5. The number of aromatic amines is 1. The second-order valence-corrected chi connectivity index (χ2v) is 8.70. The van der Waals surface area contributed by atoms with Crippen LogP contribution < -0.4 is 5.32 Å². The Bertz CT molecular complexity index is 1140. The normalized spacial score (nSPS) is 18.6. The van der Waals surface area contributed by atoms with Crippen molar-refractivity contribution in [2.45, 2.75) is 32.1 Å². The number of nitrogens with one attached hydrogen (secondary N) is 2. The summed E-state index contributed by atoms with van der Waals surface area (Å²) in [4.78, 5) is 16.6. The van der Waals surface area contributed by atoms with E-state index in [1.807, 2.05) is 29.3 Å². The van der Waals surface area contributed by atoms with Crippen LogP contribution in [0.3, 0.4) is 0 Å². The maximum absolute atomic E-state index is 13.5. The number of hydrogen-bond donors (Lipinski definition) is 2. The standard InChI is InChI=1S/C25H26FN3OS/c1-16-3-4-17(2)23(11-16)28-24-12-25(31)27-13-21(24)22-14-29(15-30)10-9-20(22)18-5-7-19(26)8-6-18/h3-8,11-13,15,20,22H,9-10,14H2,1-2H3,(H2,27,28,31). The SMILES string of the molecule is Cc1ccc(C)c(Nc2cc(=S)[nH]cc2C2CN(C=O)CCC2c2ccc(F)cc2)c1. The molecule has 2 heterocycles. The van der Waals surface area contributed by atoms with Crippen LogP contribution in [-0.2, 0) is 4.79 Å². The lowest BCUT2D eigenvalue weighted by Crippen LogP contribution is -2.37. The van der Waals surface area contributed by atoms with Crippen molar-refractivity contribution < 1.29 is 9.18 Å². The number of pyridine rings is 1.